The van der Waals surface area contributed by atoms with E-state index in [-0.39, 0.29) is 0 Å². The van der Waals surface area contributed by atoms with Crippen molar-refractivity contribution in [3.05, 3.63) is 16.4 Å². The fourth-order valence-corrected chi connectivity index (χ4v) is 3.49. The summed E-state index contributed by atoms with van der Waals surface area (Å²) in [6.07, 6.45) is 4.18. The molecule has 1 aromatic heterocycles. The third-order valence-electron chi connectivity index (χ3n) is 4.27. The lowest BCUT2D eigenvalue weighted by molar-refractivity contribution is 0.181. The summed E-state index contributed by atoms with van der Waals surface area (Å²) in [6.45, 7) is 10.1. The van der Waals surface area contributed by atoms with Crippen LogP contribution in [0.2, 0.25) is 5.02 Å². The van der Waals surface area contributed by atoms with Crippen LogP contribution in [0, 0.1) is 5.92 Å². The van der Waals surface area contributed by atoms with Gasteiger partial charge < -0.3 is 10.1 Å². The molecule has 0 aromatic carbocycles. The van der Waals surface area contributed by atoms with Crippen LogP contribution in [0.1, 0.15) is 45.0 Å². The summed E-state index contributed by atoms with van der Waals surface area (Å²) in [5, 5.41) is 9.10. The van der Waals surface area contributed by atoms with Gasteiger partial charge in [0.15, 0.2) is 0 Å². The lowest BCUT2D eigenvalue weighted by Crippen LogP contribution is -2.34. The van der Waals surface area contributed by atoms with Crippen LogP contribution < -0.4 is 5.32 Å². The van der Waals surface area contributed by atoms with Gasteiger partial charge in [0.2, 0.25) is 0 Å². The molecule has 1 aromatic rings. The van der Waals surface area contributed by atoms with Crippen molar-refractivity contribution in [2.45, 2.75) is 59.0 Å². The predicted molar refractivity (Wildman–Crippen MR) is 87.0 cm³/mol. The van der Waals surface area contributed by atoms with Crippen molar-refractivity contribution in [2.75, 3.05) is 19.8 Å². The molecule has 1 saturated heterocycles. The predicted octanol–water partition coefficient (Wildman–Crippen LogP) is 3.07. The van der Waals surface area contributed by atoms with E-state index in [9.17, 15) is 0 Å². The summed E-state index contributed by atoms with van der Waals surface area (Å²) >= 11 is 6.53. The number of halogens is 1. The second kappa shape index (κ2) is 8.16. The Balaban J connectivity index is 2.09. The first-order chi connectivity index (χ1) is 10.2. The molecule has 2 heterocycles. The number of aryl methyl sites for hydroxylation is 2. The van der Waals surface area contributed by atoms with Crippen molar-refractivity contribution >= 4 is 11.6 Å². The van der Waals surface area contributed by atoms with E-state index in [1.807, 2.05) is 0 Å². The zero-order chi connectivity index (χ0) is 15.2. The van der Waals surface area contributed by atoms with Crippen molar-refractivity contribution in [2.24, 2.45) is 5.92 Å². The van der Waals surface area contributed by atoms with E-state index in [2.05, 4.69) is 35.9 Å². The number of hydrogen-bond donors (Lipinski definition) is 1. The van der Waals surface area contributed by atoms with E-state index < -0.39 is 0 Å². The average molecular weight is 314 g/mol. The lowest BCUT2D eigenvalue weighted by atomic mass is 9.96. The monoisotopic (exact) mass is 313 g/mol. The van der Waals surface area contributed by atoms with Crippen molar-refractivity contribution in [3.63, 3.8) is 0 Å². The van der Waals surface area contributed by atoms with Gasteiger partial charge in [-0.1, -0.05) is 25.4 Å². The fraction of sp³-hybridized carbons (Fsp3) is 0.812. The zero-order valence-corrected chi connectivity index (χ0v) is 14.2. The number of aromatic nitrogens is 2. The highest BCUT2D eigenvalue weighted by atomic mass is 35.5. The third kappa shape index (κ3) is 4.21. The average Bonchev–Trinajstić information content (AvgIpc) is 3.08. The van der Waals surface area contributed by atoms with E-state index in [1.165, 1.54) is 12.1 Å². The van der Waals surface area contributed by atoms with Crippen LogP contribution >= 0.6 is 11.6 Å². The van der Waals surface area contributed by atoms with Gasteiger partial charge in [0.05, 0.1) is 16.4 Å². The maximum atomic E-state index is 6.53. The first kappa shape index (κ1) is 16.8. The van der Waals surface area contributed by atoms with Gasteiger partial charge in [-0.25, -0.2) is 0 Å². The van der Waals surface area contributed by atoms with Gasteiger partial charge >= 0.3 is 0 Å². The SMILES string of the molecule is CCNC(Cc1c(Cl)c(CC)nn1CC)CC1CCOC1. The van der Waals surface area contributed by atoms with Crippen molar-refractivity contribution < 1.29 is 4.74 Å². The molecule has 1 N–H and O–H groups in total. The molecule has 2 unspecified atom stereocenters. The third-order valence-corrected chi connectivity index (χ3v) is 4.70. The Morgan fingerprint density at radius 1 is 1.43 bits per heavy atom. The van der Waals surface area contributed by atoms with Crippen molar-refractivity contribution in [1.29, 1.82) is 0 Å². The van der Waals surface area contributed by atoms with Gasteiger partial charge in [-0.3, -0.25) is 4.68 Å². The van der Waals surface area contributed by atoms with Crippen LogP contribution in [0.25, 0.3) is 0 Å². The first-order valence-corrected chi connectivity index (χ1v) is 8.62. The number of ether oxygens (including phenoxy) is 1. The van der Waals surface area contributed by atoms with E-state index >= 15 is 0 Å². The molecule has 21 heavy (non-hydrogen) atoms. The van der Waals surface area contributed by atoms with Gasteiger partial charge in [0, 0.05) is 32.2 Å². The molecule has 0 radical (unpaired) electrons. The van der Waals surface area contributed by atoms with Gasteiger partial charge in [-0.15, -0.1) is 0 Å². The van der Waals surface area contributed by atoms with Gasteiger partial charge in [0.1, 0.15) is 0 Å². The Morgan fingerprint density at radius 3 is 2.81 bits per heavy atom. The Bertz CT molecular complexity index is 441. The van der Waals surface area contributed by atoms with Crippen LogP contribution in [0.5, 0.6) is 0 Å². The van der Waals surface area contributed by atoms with Crippen LogP contribution in [0.15, 0.2) is 0 Å². The standard InChI is InChI=1S/C16H28ClN3O/c1-4-14-16(17)15(20(6-3)19-14)10-13(18-5-2)9-12-7-8-21-11-12/h12-13,18H,4-11H2,1-3H3. The van der Waals surface area contributed by atoms with Crippen molar-refractivity contribution in [3.8, 4) is 0 Å². The normalized spacial score (nSPS) is 20.1. The molecule has 4 nitrogen and oxygen atoms in total. The first-order valence-electron chi connectivity index (χ1n) is 8.24. The van der Waals surface area contributed by atoms with E-state index in [1.54, 1.807) is 0 Å². The molecule has 0 saturated carbocycles. The maximum absolute atomic E-state index is 6.53. The quantitative estimate of drug-likeness (QED) is 0.801. The highest BCUT2D eigenvalue weighted by Gasteiger charge is 2.23. The van der Waals surface area contributed by atoms with E-state index in [4.69, 9.17) is 16.3 Å². The Labute approximate surface area is 133 Å². The van der Waals surface area contributed by atoms with Gasteiger partial charge in [-0.05, 0) is 38.6 Å². The second-order valence-electron chi connectivity index (χ2n) is 5.80. The zero-order valence-electron chi connectivity index (χ0n) is 13.5. The lowest BCUT2D eigenvalue weighted by Gasteiger charge is -2.21. The smallest absolute Gasteiger partial charge is 0.0850 e. The number of nitrogens with zero attached hydrogens (tertiary/aromatic N) is 2. The molecule has 2 atom stereocenters. The molecule has 2 rings (SSSR count). The summed E-state index contributed by atoms with van der Waals surface area (Å²) in [5.41, 5.74) is 2.20. The summed E-state index contributed by atoms with van der Waals surface area (Å²) in [4.78, 5) is 0. The minimum absolute atomic E-state index is 0.450. The molecule has 1 aliphatic heterocycles. The molecule has 1 fully saturated rings. The highest BCUT2D eigenvalue weighted by molar-refractivity contribution is 6.31. The highest BCUT2D eigenvalue weighted by Crippen LogP contribution is 2.25. The number of likely N-dealkylation sites (N-methyl/N-ethyl adjacent to an activating group) is 1. The molecule has 0 aliphatic carbocycles. The van der Waals surface area contributed by atoms with Gasteiger partial charge in [-0.2, -0.15) is 5.10 Å². The van der Waals surface area contributed by atoms with Crippen LogP contribution in [-0.4, -0.2) is 35.6 Å². The Kier molecular flexibility index (Phi) is 6.52. The molecule has 0 spiro atoms. The minimum atomic E-state index is 0.450. The summed E-state index contributed by atoms with van der Waals surface area (Å²) < 4.78 is 7.57. The molecule has 1 aliphatic rings. The summed E-state index contributed by atoms with van der Waals surface area (Å²) in [5.74, 6) is 0.677. The van der Waals surface area contributed by atoms with Crippen LogP contribution in [0.3, 0.4) is 0 Å². The molecular weight excluding hydrogens is 286 g/mol. The summed E-state index contributed by atoms with van der Waals surface area (Å²) in [7, 11) is 0. The largest absolute Gasteiger partial charge is 0.381 e. The molecule has 0 bridgehead atoms. The minimum Gasteiger partial charge on any atom is -0.381 e. The van der Waals surface area contributed by atoms with Crippen LogP contribution in [-0.2, 0) is 24.1 Å². The van der Waals surface area contributed by atoms with Crippen LogP contribution in [0.4, 0.5) is 0 Å². The number of nitrogens with one attached hydrogen (secondary N) is 1. The van der Waals surface area contributed by atoms with E-state index in [0.717, 1.165) is 56.3 Å². The topological polar surface area (TPSA) is 39.1 Å². The number of rotatable bonds is 8. The summed E-state index contributed by atoms with van der Waals surface area (Å²) in [6, 6.07) is 0.450. The maximum Gasteiger partial charge on any atom is 0.0850 e. The van der Waals surface area contributed by atoms with E-state index in [0.29, 0.717) is 12.0 Å². The Morgan fingerprint density at radius 2 is 2.24 bits per heavy atom. The van der Waals surface area contributed by atoms with Gasteiger partial charge in [0.25, 0.3) is 0 Å². The fourth-order valence-electron chi connectivity index (χ4n) is 3.14. The van der Waals surface area contributed by atoms with Crippen molar-refractivity contribution in [1.82, 2.24) is 15.1 Å². The molecule has 0 amide bonds. The molecular formula is C16H28ClN3O. The number of hydrogen-bond acceptors (Lipinski definition) is 3. The Hall–Kier alpha value is -0.580. The molecule has 5 heteroatoms. The molecule has 120 valence electrons. The second-order valence-corrected chi connectivity index (χ2v) is 6.18.